The molecule has 1 N–H and O–H groups in total. The van der Waals surface area contributed by atoms with Gasteiger partial charge < -0.3 is 5.32 Å². The van der Waals surface area contributed by atoms with Crippen molar-refractivity contribution in [1.29, 1.82) is 0 Å². The monoisotopic (exact) mass is 239 g/mol. The predicted octanol–water partition coefficient (Wildman–Crippen LogP) is 0.231. The number of carbonyl (C=O) groups excluding carboxylic acids is 3. The average Bonchev–Trinajstić information content (AvgIpc) is 2.83. The largest absolute Gasteiger partial charge is 0.300 e. The van der Waals surface area contributed by atoms with Crippen molar-refractivity contribution in [3.63, 3.8) is 0 Å². The summed E-state index contributed by atoms with van der Waals surface area (Å²) in [7, 11) is 0. The van der Waals surface area contributed by atoms with Gasteiger partial charge in [-0.3, -0.25) is 19.3 Å². The van der Waals surface area contributed by atoms with Gasteiger partial charge in [0, 0.05) is 24.4 Å². The lowest BCUT2D eigenvalue weighted by molar-refractivity contribution is -0.141. The summed E-state index contributed by atoms with van der Waals surface area (Å²) in [6, 6.07) is 0. The highest BCUT2D eigenvalue weighted by molar-refractivity contribution is 7.13. The van der Waals surface area contributed by atoms with Crippen LogP contribution in [-0.4, -0.2) is 34.2 Å². The maximum atomic E-state index is 11.5. The highest BCUT2D eigenvalue weighted by Gasteiger charge is 2.30. The van der Waals surface area contributed by atoms with Gasteiger partial charge in [0.1, 0.15) is 6.54 Å². The third-order valence-corrected chi connectivity index (χ3v) is 2.82. The summed E-state index contributed by atoms with van der Waals surface area (Å²) in [4.78, 5) is 38.8. The molecule has 2 heterocycles. The third kappa shape index (κ3) is 2.25. The molecule has 2 rings (SSSR count). The van der Waals surface area contributed by atoms with Crippen LogP contribution in [0.15, 0.2) is 11.6 Å². The fraction of sp³-hybridized carbons (Fsp3) is 0.333. The SMILES string of the molecule is O=C(CN1C(=O)CCC1=O)Nc1nccs1. The molecule has 1 aliphatic heterocycles. The highest BCUT2D eigenvalue weighted by atomic mass is 32.1. The molecule has 1 saturated heterocycles. The van der Waals surface area contributed by atoms with Crippen molar-refractivity contribution in [2.75, 3.05) is 11.9 Å². The van der Waals surface area contributed by atoms with Gasteiger partial charge >= 0.3 is 0 Å². The molecule has 0 atom stereocenters. The number of anilines is 1. The molecule has 6 nitrogen and oxygen atoms in total. The van der Waals surface area contributed by atoms with Crippen molar-refractivity contribution in [1.82, 2.24) is 9.88 Å². The molecule has 0 radical (unpaired) electrons. The van der Waals surface area contributed by atoms with Crippen LogP contribution in [0.4, 0.5) is 5.13 Å². The van der Waals surface area contributed by atoms with E-state index in [-0.39, 0.29) is 31.2 Å². The van der Waals surface area contributed by atoms with Crippen LogP contribution in [0.5, 0.6) is 0 Å². The number of nitrogens with one attached hydrogen (secondary N) is 1. The Morgan fingerprint density at radius 2 is 2.12 bits per heavy atom. The van der Waals surface area contributed by atoms with Gasteiger partial charge in [0.05, 0.1) is 0 Å². The van der Waals surface area contributed by atoms with Crippen LogP contribution >= 0.6 is 11.3 Å². The van der Waals surface area contributed by atoms with Crippen LogP contribution in [0.3, 0.4) is 0 Å². The number of thiazole rings is 1. The Morgan fingerprint density at radius 3 is 2.69 bits per heavy atom. The summed E-state index contributed by atoms with van der Waals surface area (Å²) < 4.78 is 0. The number of imide groups is 1. The van der Waals surface area contributed by atoms with E-state index in [9.17, 15) is 14.4 Å². The Bertz CT molecular complexity index is 413. The lowest BCUT2D eigenvalue weighted by Crippen LogP contribution is -2.36. The van der Waals surface area contributed by atoms with Crippen LogP contribution in [0.25, 0.3) is 0 Å². The van der Waals surface area contributed by atoms with Gasteiger partial charge in [-0.1, -0.05) is 0 Å². The second-order valence-corrected chi connectivity index (χ2v) is 4.15. The minimum Gasteiger partial charge on any atom is -0.300 e. The number of rotatable bonds is 3. The van der Waals surface area contributed by atoms with Crippen molar-refractivity contribution < 1.29 is 14.4 Å². The molecule has 16 heavy (non-hydrogen) atoms. The smallest absolute Gasteiger partial charge is 0.246 e. The number of likely N-dealkylation sites (tertiary alicyclic amines) is 1. The van der Waals surface area contributed by atoms with E-state index < -0.39 is 5.91 Å². The molecule has 0 aliphatic carbocycles. The summed E-state index contributed by atoms with van der Waals surface area (Å²) in [6.45, 7) is -0.225. The predicted molar refractivity (Wildman–Crippen MR) is 56.7 cm³/mol. The van der Waals surface area contributed by atoms with E-state index in [1.807, 2.05) is 0 Å². The van der Waals surface area contributed by atoms with Gasteiger partial charge in [0.2, 0.25) is 17.7 Å². The second kappa shape index (κ2) is 4.40. The van der Waals surface area contributed by atoms with E-state index in [0.29, 0.717) is 5.13 Å². The second-order valence-electron chi connectivity index (χ2n) is 3.26. The maximum absolute atomic E-state index is 11.5. The van der Waals surface area contributed by atoms with Gasteiger partial charge in [-0.2, -0.15) is 0 Å². The van der Waals surface area contributed by atoms with Crippen LogP contribution in [0.2, 0.25) is 0 Å². The number of hydrogen-bond acceptors (Lipinski definition) is 5. The zero-order valence-corrected chi connectivity index (χ0v) is 9.12. The van der Waals surface area contributed by atoms with E-state index in [2.05, 4.69) is 10.3 Å². The van der Waals surface area contributed by atoms with Crippen molar-refractivity contribution in [3.05, 3.63) is 11.6 Å². The normalized spacial score (nSPS) is 15.6. The molecule has 3 amide bonds. The van der Waals surface area contributed by atoms with E-state index in [4.69, 9.17) is 0 Å². The minimum absolute atomic E-state index is 0.198. The van der Waals surface area contributed by atoms with Crippen LogP contribution in [0, 0.1) is 0 Å². The fourth-order valence-electron chi connectivity index (χ4n) is 1.39. The van der Waals surface area contributed by atoms with E-state index in [1.165, 1.54) is 11.3 Å². The van der Waals surface area contributed by atoms with Gasteiger partial charge in [-0.25, -0.2) is 4.98 Å². The molecule has 84 valence electrons. The first-order valence-electron chi connectivity index (χ1n) is 4.69. The number of carbonyl (C=O) groups is 3. The zero-order valence-electron chi connectivity index (χ0n) is 8.30. The van der Waals surface area contributed by atoms with Crippen LogP contribution in [0.1, 0.15) is 12.8 Å². The highest BCUT2D eigenvalue weighted by Crippen LogP contribution is 2.13. The Morgan fingerprint density at radius 1 is 1.44 bits per heavy atom. The molecule has 0 bridgehead atoms. The van der Waals surface area contributed by atoms with Crippen molar-refractivity contribution >= 4 is 34.2 Å². The Kier molecular flexibility index (Phi) is 2.95. The molecule has 1 fully saturated rings. The summed E-state index contributed by atoms with van der Waals surface area (Å²) in [5.41, 5.74) is 0. The summed E-state index contributed by atoms with van der Waals surface area (Å²) >= 11 is 1.28. The standard InChI is InChI=1S/C9H9N3O3S/c13-6(11-9-10-3-4-16-9)5-12-7(14)1-2-8(12)15/h3-4H,1-2,5H2,(H,10,11,13). The first kappa shape index (κ1) is 10.7. The number of hydrogen-bond donors (Lipinski definition) is 1. The number of nitrogens with zero attached hydrogens (tertiary/aromatic N) is 2. The molecular formula is C9H9N3O3S. The minimum atomic E-state index is -0.404. The van der Waals surface area contributed by atoms with Crippen LogP contribution < -0.4 is 5.32 Å². The molecule has 0 saturated carbocycles. The van der Waals surface area contributed by atoms with Gasteiger partial charge in [-0.05, 0) is 0 Å². The Hall–Kier alpha value is -1.76. The Labute approximate surface area is 95.3 Å². The lowest BCUT2D eigenvalue weighted by Gasteiger charge is -2.12. The van der Waals surface area contributed by atoms with Gasteiger partial charge in [0.25, 0.3) is 0 Å². The topological polar surface area (TPSA) is 79.4 Å². The summed E-state index contributed by atoms with van der Waals surface area (Å²) in [6.07, 6.45) is 1.96. The quantitative estimate of drug-likeness (QED) is 0.766. The molecule has 1 aromatic rings. The molecule has 0 spiro atoms. The Balaban J connectivity index is 1.92. The average molecular weight is 239 g/mol. The van der Waals surface area contributed by atoms with Crippen LogP contribution in [-0.2, 0) is 14.4 Å². The van der Waals surface area contributed by atoms with Gasteiger partial charge in [-0.15, -0.1) is 11.3 Å². The van der Waals surface area contributed by atoms with Crippen molar-refractivity contribution in [2.24, 2.45) is 0 Å². The summed E-state index contributed by atoms with van der Waals surface area (Å²) in [5, 5.41) is 4.70. The summed E-state index contributed by atoms with van der Waals surface area (Å²) in [5.74, 6) is -0.989. The molecule has 0 aromatic carbocycles. The van der Waals surface area contributed by atoms with Crippen molar-refractivity contribution in [3.8, 4) is 0 Å². The lowest BCUT2D eigenvalue weighted by atomic mass is 10.4. The van der Waals surface area contributed by atoms with E-state index in [0.717, 1.165) is 4.90 Å². The van der Waals surface area contributed by atoms with E-state index in [1.54, 1.807) is 11.6 Å². The van der Waals surface area contributed by atoms with Crippen molar-refractivity contribution in [2.45, 2.75) is 12.8 Å². The number of aromatic nitrogens is 1. The molecule has 1 aliphatic rings. The molecule has 7 heteroatoms. The maximum Gasteiger partial charge on any atom is 0.246 e. The fourth-order valence-corrected chi connectivity index (χ4v) is 1.93. The first-order valence-corrected chi connectivity index (χ1v) is 5.57. The molecular weight excluding hydrogens is 230 g/mol. The van der Waals surface area contributed by atoms with Gasteiger partial charge in [0.15, 0.2) is 5.13 Å². The molecule has 1 aromatic heterocycles. The number of amides is 3. The molecule has 0 unspecified atom stereocenters. The zero-order chi connectivity index (χ0) is 11.5. The van der Waals surface area contributed by atoms with E-state index >= 15 is 0 Å². The first-order chi connectivity index (χ1) is 7.66. The third-order valence-electron chi connectivity index (χ3n) is 2.14.